The van der Waals surface area contributed by atoms with Gasteiger partial charge in [0.2, 0.25) is 5.88 Å². The lowest BCUT2D eigenvalue weighted by atomic mass is 10.1. The molecule has 0 aliphatic rings. The van der Waals surface area contributed by atoms with E-state index in [0.717, 1.165) is 21.2 Å². The first-order valence-corrected chi connectivity index (χ1v) is 10.6. The fourth-order valence-electron chi connectivity index (χ4n) is 2.95. The number of carbonyl (C=O) groups excluding carboxylic acids is 1. The van der Waals surface area contributed by atoms with Gasteiger partial charge in [0.1, 0.15) is 17.2 Å². The molecule has 2 aromatic carbocycles. The zero-order valence-corrected chi connectivity index (χ0v) is 18.1. The Morgan fingerprint density at radius 3 is 2.81 bits per heavy atom. The molecule has 0 unspecified atom stereocenters. The van der Waals surface area contributed by atoms with E-state index >= 15 is 0 Å². The summed E-state index contributed by atoms with van der Waals surface area (Å²) in [5.74, 6) is 0.861. The lowest BCUT2D eigenvalue weighted by Crippen LogP contribution is -2.16. The number of methoxy groups -OCH3 is 1. The summed E-state index contributed by atoms with van der Waals surface area (Å²) in [4.78, 5) is 17.1. The molecule has 0 spiro atoms. The monoisotopic (exact) mass is 451 g/mol. The summed E-state index contributed by atoms with van der Waals surface area (Å²) in [6.45, 7) is 0.283. The molecule has 0 saturated heterocycles. The first-order valence-electron chi connectivity index (χ1n) is 9.37. The van der Waals surface area contributed by atoms with E-state index in [2.05, 4.69) is 15.5 Å². The van der Waals surface area contributed by atoms with Crippen molar-refractivity contribution in [3.8, 4) is 11.6 Å². The lowest BCUT2D eigenvalue weighted by Gasteiger charge is -2.10. The smallest absolute Gasteiger partial charge is 0.283 e. The number of nitrogens with zero attached hydrogens (tertiary/aromatic N) is 2. The molecule has 6 nitrogen and oxygen atoms in total. The number of rotatable bonds is 7. The SMILES string of the molecule is COc1ccc(C=NNC(=O)c2sc3ccccc3c2Cl)cc1COc1ccccn1. The Kier molecular flexibility index (Phi) is 6.45. The highest BCUT2D eigenvalue weighted by molar-refractivity contribution is 7.21. The van der Waals surface area contributed by atoms with E-state index in [4.69, 9.17) is 21.1 Å². The van der Waals surface area contributed by atoms with Crippen LogP contribution in [0.1, 0.15) is 20.8 Å². The first kappa shape index (κ1) is 20.8. The van der Waals surface area contributed by atoms with Gasteiger partial charge in [-0.3, -0.25) is 4.79 Å². The number of thiophene rings is 1. The van der Waals surface area contributed by atoms with Crippen LogP contribution in [-0.4, -0.2) is 24.2 Å². The van der Waals surface area contributed by atoms with Gasteiger partial charge < -0.3 is 9.47 Å². The number of halogens is 1. The molecule has 4 rings (SSSR count). The van der Waals surface area contributed by atoms with Crippen molar-refractivity contribution in [1.29, 1.82) is 0 Å². The molecule has 8 heteroatoms. The van der Waals surface area contributed by atoms with Crippen molar-refractivity contribution < 1.29 is 14.3 Å². The summed E-state index contributed by atoms with van der Waals surface area (Å²) in [6.07, 6.45) is 3.23. The van der Waals surface area contributed by atoms with E-state index in [1.165, 1.54) is 11.3 Å². The number of hydrogen-bond acceptors (Lipinski definition) is 6. The molecule has 0 aliphatic carbocycles. The fourth-order valence-corrected chi connectivity index (χ4v) is 4.36. The Balaban J connectivity index is 1.45. The van der Waals surface area contributed by atoms with Gasteiger partial charge in [-0.15, -0.1) is 11.3 Å². The Labute approximate surface area is 188 Å². The number of aromatic nitrogens is 1. The number of hydrazone groups is 1. The van der Waals surface area contributed by atoms with E-state index in [0.29, 0.717) is 21.5 Å². The lowest BCUT2D eigenvalue weighted by molar-refractivity contribution is 0.0959. The van der Waals surface area contributed by atoms with Gasteiger partial charge in [0.15, 0.2) is 0 Å². The minimum Gasteiger partial charge on any atom is -0.496 e. The molecule has 1 N–H and O–H groups in total. The highest BCUT2D eigenvalue weighted by Crippen LogP contribution is 2.34. The number of carbonyl (C=O) groups is 1. The number of nitrogens with one attached hydrogen (secondary N) is 1. The van der Waals surface area contributed by atoms with Crippen molar-refractivity contribution in [2.45, 2.75) is 6.61 Å². The van der Waals surface area contributed by atoms with Crippen molar-refractivity contribution in [1.82, 2.24) is 10.4 Å². The molecular formula is C23H18ClN3O3S. The molecule has 0 aliphatic heterocycles. The third kappa shape index (κ3) is 4.84. The summed E-state index contributed by atoms with van der Waals surface area (Å²) in [5.41, 5.74) is 4.15. The van der Waals surface area contributed by atoms with Gasteiger partial charge >= 0.3 is 0 Å². The molecule has 0 radical (unpaired) electrons. The second-order valence-electron chi connectivity index (χ2n) is 6.47. The topological polar surface area (TPSA) is 72.8 Å². The van der Waals surface area contributed by atoms with Gasteiger partial charge in [0.05, 0.1) is 18.3 Å². The van der Waals surface area contributed by atoms with Gasteiger partial charge in [0.25, 0.3) is 5.91 Å². The third-order valence-corrected chi connectivity index (χ3v) is 6.11. The number of pyridine rings is 1. The van der Waals surface area contributed by atoms with Crippen LogP contribution in [0.5, 0.6) is 11.6 Å². The van der Waals surface area contributed by atoms with Crippen molar-refractivity contribution >= 4 is 45.1 Å². The van der Waals surface area contributed by atoms with E-state index in [-0.39, 0.29) is 12.5 Å². The Hall–Kier alpha value is -3.42. The molecular weight excluding hydrogens is 434 g/mol. The van der Waals surface area contributed by atoms with Gasteiger partial charge in [-0.2, -0.15) is 5.10 Å². The second-order valence-corrected chi connectivity index (χ2v) is 7.90. The van der Waals surface area contributed by atoms with Crippen LogP contribution >= 0.6 is 22.9 Å². The van der Waals surface area contributed by atoms with Crippen LogP contribution < -0.4 is 14.9 Å². The zero-order chi connectivity index (χ0) is 21.6. The first-order chi connectivity index (χ1) is 15.2. The average Bonchev–Trinajstić information content (AvgIpc) is 3.15. The Morgan fingerprint density at radius 2 is 2.03 bits per heavy atom. The number of fused-ring (bicyclic) bond motifs is 1. The Bertz CT molecular complexity index is 1240. The van der Waals surface area contributed by atoms with Crippen LogP contribution in [0, 0.1) is 0 Å². The van der Waals surface area contributed by atoms with E-state index < -0.39 is 0 Å². The van der Waals surface area contributed by atoms with Crippen molar-refractivity contribution in [3.05, 3.63) is 87.9 Å². The molecule has 0 bridgehead atoms. The van der Waals surface area contributed by atoms with Gasteiger partial charge in [-0.25, -0.2) is 10.4 Å². The average molecular weight is 452 g/mol. The summed E-state index contributed by atoms with van der Waals surface area (Å²) in [6, 6.07) is 18.6. The van der Waals surface area contributed by atoms with Crippen LogP contribution in [0.25, 0.3) is 10.1 Å². The van der Waals surface area contributed by atoms with Gasteiger partial charge in [-0.1, -0.05) is 35.9 Å². The minimum absolute atomic E-state index is 0.283. The molecule has 1 amide bonds. The second kappa shape index (κ2) is 9.59. The maximum absolute atomic E-state index is 12.5. The maximum Gasteiger partial charge on any atom is 0.283 e. The van der Waals surface area contributed by atoms with Crippen molar-refractivity contribution in [2.75, 3.05) is 7.11 Å². The van der Waals surface area contributed by atoms with Crippen LogP contribution in [0.2, 0.25) is 5.02 Å². The molecule has 2 heterocycles. The summed E-state index contributed by atoms with van der Waals surface area (Å²) < 4.78 is 12.1. The van der Waals surface area contributed by atoms with E-state index in [1.54, 1.807) is 25.6 Å². The molecule has 156 valence electrons. The molecule has 0 fully saturated rings. The molecule has 0 atom stereocenters. The van der Waals surface area contributed by atoms with Gasteiger partial charge in [0, 0.05) is 27.9 Å². The quantitative estimate of drug-likeness (QED) is 0.305. The zero-order valence-electron chi connectivity index (χ0n) is 16.5. The van der Waals surface area contributed by atoms with Crippen molar-refractivity contribution in [3.63, 3.8) is 0 Å². The maximum atomic E-state index is 12.5. The number of benzene rings is 2. The van der Waals surface area contributed by atoms with Crippen LogP contribution in [0.3, 0.4) is 0 Å². The molecule has 4 aromatic rings. The van der Waals surface area contributed by atoms with Crippen molar-refractivity contribution in [2.24, 2.45) is 5.10 Å². The summed E-state index contributed by atoms with van der Waals surface area (Å²) in [5, 5.41) is 5.37. The van der Waals surface area contributed by atoms with Crippen LogP contribution in [0.4, 0.5) is 0 Å². The predicted octanol–water partition coefficient (Wildman–Crippen LogP) is 5.30. The summed E-state index contributed by atoms with van der Waals surface area (Å²) in [7, 11) is 1.60. The normalized spacial score (nSPS) is 11.0. The molecule has 2 aromatic heterocycles. The Morgan fingerprint density at radius 1 is 1.19 bits per heavy atom. The fraction of sp³-hybridized carbons (Fsp3) is 0.0870. The van der Waals surface area contributed by atoms with Crippen LogP contribution in [0.15, 0.2) is 72.0 Å². The number of ether oxygens (including phenoxy) is 2. The molecule has 31 heavy (non-hydrogen) atoms. The van der Waals surface area contributed by atoms with E-state index in [9.17, 15) is 4.79 Å². The largest absolute Gasteiger partial charge is 0.496 e. The van der Waals surface area contributed by atoms with Gasteiger partial charge in [-0.05, 0) is 35.9 Å². The summed E-state index contributed by atoms with van der Waals surface area (Å²) >= 11 is 7.69. The highest BCUT2D eigenvalue weighted by atomic mass is 35.5. The third-order valence-electron chi connectivity index (χ3n) is 4.44. The van der Waals surface area contributed by atoms with E-state index in [1.807, 2.05) is 54.6 Å². The minimum atomic E-state index is -0.352. The number of hydrogen-bond donors (Lipinski definition) is 1. The standard InChI is InChI=1S/C23H18ClN3O3S/c1-29-18-10-9-15(12-16(18)14-30-20-8-4-5-11-25-20)13-26-27-23(28)22-21(24)17-6-2-3-7-19(17)31-22/h2-13H,14H2,1H3,(H,27,28). The number of amides is 1. The van der Waals surface area contributed by atoms with Crippen LogP contribution in [-0.2, 0) is 6.61 Å². The molecule has 0 saturated carbocycles. The predicted molar refractivity (Wildman–Crippen MR) is 123 cm³/mol. The highest BCUT2D eigenvalue weighted by Gasteiger charge is 2.16.